The summed E-state index contributed by atoms with van der Waals surface area (Å²) in [6.07, 6.45) is 1.90. The molecular weight excluding hydrogens is 342 g/mol. The van der Waals surface area contributed by atoms with Crippen molar-refractivity contribution in [2.45, 2.75) is 50.7 Å². The number of ketones is 2. The average molecular weight is 371 g/mol. The molecule has 1 heterocycles. The Labute approximate surface area is 161 Å². The van der Waals surface area contributed by atoms with Gasteiger partial charge in [-0.1, -0.05) is 30.3 Å². The van der Waals surface area contributed by atoms with Crippen LogP contribution in [0.1, 0.15) is 45.1 Å². The smallest absolute Gasteiger partial charge is 0.214 e. The third-order valence-corrected chi connectivity index (χ3v) is 6.59. The number of benzene rings is 1. The van der Waals surface area contributed by atoms with Crippen LogP contribution in [0.4, 0.5) is 0 Å². The maximum atomic E-state index is 13.4. The van der Waals surface area contributed by atoms with Gasteiger partial charge in [-0.2, -0.15) is 0 Å². The first-order valence-electron chi connectivity index (χ1n) is 9.50. The largest absolute Gasteiger partial charge is 0.368 e. The Morgan fingerprint density at radius 3 is 1.96 bits per heavy atom. The van der Waals surface area contributed by atoms with Gasteiger partial charge in [0.15, 0.2) is 17.0 Å². The Hall–Kier alpha value is -1.98. The summed E-state index contributed by atoms with van der Waals surface area (Å²) in [6, 6.07) is 10.5. The molecule has 1 aromatic carbocycles. The van der Waals surface area contributed by atoms with Gasteiger partial charge in [0.1, 0.15) is 0 Å². The first kappa shape index (κ1) is 19.8. The van der Waals surface area contributed by atoms with E-state index in [2.05, 4.69) is 29.2 Å². The molecule has 27 heavy (non-hydrogen) atoms. The third-order valence-electron chi connectivity index (χ3n) is 6.59. The molecule has 1 aliphatic carbocycles. The van der Waals surface area contributed by atoms with E-state index >= 15 is 0 Å². The topological polar surface area (TPSA) is 55.8 Å². The van der Waals surface area contributed by atoms with Gasteiger partial charge in [0.2, 0.25) is 5.78 Å². The van der Waals surface area contributed by atoms with Crippen molar-refractivity contribution in [3.05, 3.63) is 47.2 Å². The van der Waals surface area contributed by atoms with Gasteiger partial charge >= 0.3 is 0 Å². The number of ether oxygens (including phenoxy) is 2. The normalized spacial score (nSPS) is 30.2. The molecule has 2 unspecified atom stereocenters. The third kappa shape index (κ3) is 2.93. The molecule has 0 amide bonds. The highest BCUT2D eigenvalue weighted by atomic mass is 16.6. The minimum absolute atomic E-state index is 0.176. The zero-order valence-electron chi connectivity index (χ0n) is 16.9. The van der Waals surface area contributed by atoms with Crippen LogP contribution in [0.15, 0.2) is 41.6 Å². The van der Waals surface area contributed by atoms with Gasteiger partial charge in [0.25, 0.3) is 0 Å². The van der Waals surface area contributed by atoms with Crippen molar-refractivity contribution in [1.82, 2.24) is 4.90 Å². The molecule has 1 aliphatic heterocycles. The molecule has 2 atom stereocenters. The van der Waals surface area contributed by atoms with Crippen LogP contribution in [-0.4, -0.2) is 55.0 Å². The molecule has 1 fully saturated rings. The number of methoxy groups -OCH3 is 2. The molecule has 0 radical (unpaired) electrons. The molecule has 0 N–H and O–H groups in total. The molecule has 2 aliphatic rings. The van der Waals surface area contributed by atoms with E-state index in [4.69, 9.17) is 9.47 Å². The van der Waals surface area contributed by atoms with E-state index in [9.17, 15) is 9.59 Å². The number of nitrogens with zero attached hydrogens (tertiary/aromatic N) is 1. The van der Waals surface area contributed by atoms with Gasteiger partial charge in [0, 0.05) is 32.9 Å². The molecule has 0 bridgehead atoms. The number of hydrogen-bond acceptors (Lipinski definition) is 5. The van der Waals surface area contributed by atoms with Crippen LogP contribution < -0.4 is 0 Å². The van der Waals surface area contributed by atoms with Crippen LogP contribution in [-0.2, 0) is 19.1 Å². The Morgan fingerprint density at radius 1 is 0.926 bits per heavy atom. The number of piperidine rings is 1. The first-order valence-corrected chi connectivity index (χ1v) is 9.50. The van der Waals surface area contributed by atoms with Crippen LogP contribution in [0, 0.1) is 0 Å². The highest BCUT2D eigenvalue weighted by molar-refractivity contribution is 6.19. The minimum atomic E-state index is -1.34. The van der Waals surface area contributed by atoms with Gasteiger partial charge in [-0.25, -0.2) is 0 Å². The number of hydrogen-bond donors (Lipinski definition) is 0. The Kier molecular flexibility index (Phi) is 5.28. The summed E-state index contributed by atoms with van der Waals surface area (Å²) in [7, 11) is 2.91. The number of carbonyl (C=O) groups is 2. The van der Waals surface area contributed by atoms with E-state index in [1.165, 1.54) is 19.8 Å². The van der Waals surface area contributed by atoms with E-state index in [1.807, 2.05) is 6.07 Å². The standard InChI is InChI=1S/C22H29NO4/c1-15-18(20(25)22(3,27-5)21(2,26-4)19(15)24)23-13-11-17(12-14-23)16-9-7-6-8-10-16/h6-10,17H,11-14H2,1-5H3. The van der Waals surface area contributed by atoms with Crippen LogP contribution in [0.25, 0.3) is 0 Å². The number of likely N-dealkylation sites (tertiary alicyclic amines) is 1. The highest BCUT2D eigenvalue weighted by Crippen LogP contribution is 2.42. The van der Waals surface area contributed by atoms with Crippen molar-refractivity contribution in [1.29, 1.82) is 0 Å². The first-order chi connectivity index (χ1) is 12.8. The van der Waals surface area contributed by atoms with E-state index in [0.717, 1.165) is 25.9 Å². The van der Waals surface area contributed by atoms with Gasteiger partial charge in [0.05, 0.1) is 5.70 Å². The lowest BCUT2D eigenvalue weighted by Crippen LogP contribution is -2.66. The lowest BCUT2D eigenvalue weighted by molar-refractivity contribution is -0.187. The Morgan fingerprint density at radius 2 is 1.44 bits per heavy atom. The van der Waals surface area contributed by atoms with Crippen molar-refractivity contribution in [3.8, 4) is 0 Å². The molecule has 1 saturated heterocycles. The van der Waals surface area contributed by atoms with Crippen molar-refractivity contribution < 1.29 is 19.1 Å². The molecule has 0 aromatic heterocycles. The monoisotopic (exact) mass is 371 g/mol. The Bertz CT molecular complexity index is 764. The SMILES string of the molecule is COC1(C)C(=O)C(C)=C(N2CCC(c3ccccc3)CC2)C(=O)C1(C)OC. The predicted molar refractivity (Wildman–Crippen MR) is 104 cm³/mol. The van der Waals surface area contributed by atoms with E-state index in [-0.39, 0.29) is 11.6 Å². The maximum absolute atomic E-state index is 13.4. The van der Waals surface area contributed by atoms with Gasteiger partial charge in [-0.05, 0) is 45.1 Å². The number of carbonyl (C=O) groups excluding carboxylic acids is 2. The summed E-state index contributed by atoms with van der Waals surface area (Å²) in [4.78, 5) is 28.6. The quantitative estimate of drug-likeness (QED) is 0.814. The van der Waals surface area contributed by atoms with Gasteiger partial charge in [-0.15, -0.1) is 0 Å². The van der Waals surface area contributed by atoms with Crippen molar-refractivity contribution in [3.63, 3.8) is 0 Å². The summed E-state index contributed by atoms with van der Waals surface area (Å²) < 4.78 is 11.1. The van der Waals surface area contributed by atoms with Crippen LogP contribution in [0.5, 0.6) is 0 Å². The molecule has 1 aromatic rings. The fourth-order valence-electron chi connectivity index (χ4n) is 4.41. The molecule has 146 valence electrons. The van der Waals surface area contributed by atoms with Crippen LogP contribution in [0.3, 0.4) is 0 Å². The fourth-order valence-corrected chi connectivity index (χ4v) is 4.41. The molecule has 3 rings (SSSR count). The second kappa shape index (κ2) is 7.21. The summed E-state index contributed by atoms with van der Waals surface area (Å²) in [5.74, 6) is 0.120. The van der Waals surface area contributed by atoms with Gasteiger partial charge < -0.3 is 14.4 Å². The van der Waals surface area contributed by atoms with Crippen molar-refractivity contribution in [2.24, 2.45) is 0 Å². The highest BCUT2D eigenvalue weighted by Gasteiger charge is 2.61. The van der Waals surface area contributed by atoms with Crippen LogP contribution >= 0.6 is 0 Å². The molecule has 5 heteroatoms. The minimum Gasteiger partial charge on any atom is -0.368 e. The zero-order valence-corrected chi connectivity index (χ0v) is 16.9. The molecule has 5 nitrogen and oxygen atoms in total. The van der Waals surface area contributed by atoms with Crippen molar-refractivity contribution >= 4 is 11.6 Å². The van der Waals surface area contributed by atoms with Gasteiger partial charge in [-0.3, -0.25) is 9.59 Å². The number of Topliss-reactive ketones (excluding diaryl/α,β-unsaturated/α-hetero) is 2. The second-order valence-corrected chi connectivity index (χ2v) is 7.78. The zero-order chi connectivity index (χ0) is 19.8. The summed E-state index contributed by atoms with van der Waals surface area (Å²) >= 11 is 0. The van der Waals surface area contributed by atoms with E-state index < -0.39 is 11.2 Å². The fraction of sp³-hybridized carbons (Fsp3) is 0.545. The van der Waals surface area contributed by atoms with E-state index in [1.54, 1.807) is 20.8 Å². The van der Waals surface area contributed by atoms with Crippen molar-refractivity contribution in [2.75, 3.05) is 27.3 Å². The molecule has 0 saturated carbocycles. The predicted octanol–water partition coefficient (Wildman–Crippen LogP) is 3.10. The second-order valence-electron chi connectivity index (χ2n) is 7.78. The molecular formula is C22H29NO4. The van der Waals surface area contributed by atoms with Crippen LogP contribution in [0.2, 0.25) is 0 Å². The lowest BCUT2D eigenvalue weighted by Gasteiger charge is -2.48. The number of rotatable bonds is 4. The van der Waals surface area contributed by atoms with E-state index in [0.29, 0.717) is 17.2 Å². The summed E-state index contributed by atoms with van der Waals surface area (Å²) in [5, 5.41) is 0. The summed E-state index contributed by atoms with van der Waals surface area (Å²) in [5.41, 5.74) is -0.372. The average Bonchev–Trinajstić information content (AvgIpc) is 2.72. The lowest BCUT2D eigenvalue weighted by atomic mass is 9.70. The molecule has 0 spiro atoms. The maximum Gasteiger partial charge on any atom is 0.214 e. The summed E-state index contributed by atoms with van der Waals surface area (Å²) in [6.45, 7) is 6.51. The Balaban J connectivity index is 1.88.